The summed E-state index contributed by atoms with van der Waals surface area (Å²) < 4.78 is 14.2. The maximum atomic E-state index is 13.3. The number of nitrogens with zero attached hydrogens (tertiary/aromatic N) is 4. The van der Waals surface area contributed by atoms with Gasteiger partial charge in [-0.1, -0.05) is 11.3 Å². The number of hydrogen-bond donors (Lipinski definition) is 1. The third-order valence-electron chi connectivity index (χ3n) is 5.50. The molecule has 1 aromatic carbocycles. The van der Waals surface area contributed by atoms with Crippen LogP contribution in [-0.4, -0.2) is 32.9 Å². The Kier molecular flexibility index (Phi) is 3.49. The fourth-order valence-electron chi connectivity index (χ4n) is 3.86. The number of hydrogen-bond acceptors (Lipinski definition) is 6. The van der Waals surface area contributed by atoms with E-state index in [0.717, 1.165) is 39.6 Å². The molecule has 1 saturated carbocycles. The van der Waals surface area contributed by atoms with Crippen LogP contribution in [0.25, 0.3) is 10.2 Å². The second kappa shape index (κ2) is 5.69. The third-order valence-corrected chi connectivity index (χ3v) is 6.45. The molecule has 0 unspecified atom stereocenters. The Morgan fingerprint density at radius 3 is 2.96 bits per heavy atom. The highest BCUT2D eigenvalue weighted by Crippen LogP contribution is 2.44. The molecule has 27 heavy (non-hydrogen) atoms. The molecule has 0 atom stereocenters. The van der Waals surface area contributed by atoms with E-state index in [-0.39, 0.29) is 23.8 Å². The number of thiazole rings is 1. The molecular weight excluding hydrogens is 365 g/mol. The molecule has 2 aromatic heterocycles. The molecular formula is C19H18FN5OS. The predicted octanol–water partition coefficient (Wildman–Crippen LogP) is 3.49. The van der Waals surface area contributed by atoms with Crippen molar-refractivity contribution in [2.24, 2.45) is 0 Å². The zero-order chi connectivity index (χ0) is 18.8. The lowest BCUT2D eigenvalue weighted by molar-refractivity contribution is -0.122. The summed E-state index contributed by atoms with van der Waals surface area (Å²) >= 11 is 1.45. The van der Waals surface area contributed by atoms with Crippen molar-refractivity contribution < 1.29 is 9.18 Å². The zero-order valence-corrected chi connectivity index (χ0v) is 15.8. The zero-order valence-electron chi connectivity index (χ0n) is 14.9. The van der Waals surface area contributed by atoms with Gasteiger partial charge >= 0.3 is 0 Å². The number of anilines is 2. The van der Waals surface area contributed by atoms with Crippen LogP contribution in [-0.2, 0) is 10.2 Å². The van der Waals surface area contributed by atoms with Crippen molar-refractivity contribution in [2.75, 3.05) is 10.2 Å². The number of rotatable bonds is 3. The Hall–Kier alpha value is -2.61. The molecule has 6 nitrogen and oxygen atoms in total. The number of benzene rings is 1. The van der Waals surface area contributed by atoms with E-state index in [1.54, 1.807) is 12.3 Å². The number of carbonyl (C=O) groups excluding carboxylic acids is 1. The summed E-state index contributed by atoms with van der Waals surface area (Å²) in [6.45, 7) is 3.85. The van der Waals surface area contributed by atoms with Gasteiger partial charge in [-0.05, 0) is 44.9 Å². The fourth-order valence-corrected chi connectivity index (χ4v) is 4.83. The normalized spacial score (nSPS) is 23.4. The number of fused-ring (bicyclic) bond motifs is 2. The standard InChI is InChI=1S/C19H18FN5OS/c1-19(2)13-8-21-9-22-16(13)25(17(19)26)12-6-11(7-12)23-18-24-14-4-3-10(20)5-15(14)27-18/h3-5,8-9,11-12H,6-7H2,1-2H3,(H,23,24). The molecule has 138 valence electrons. The number of carbonyl (C=O) groups is 1. The van der Waals surface area contributed by atoms with Crippen LogP contribution in [0.4, 0.5) is 15.3 Å². The van der Waals surface area contributed by atoms with Crippen LogP contribution < -0.4 is 10.2 Å². The van der Waals surface area contributed by atoms with Crippen LogP contribution in [0.5, 0.6) is 0 Å². The van der Waals surface area contributed by atoms with Gasteiger partial charge in [0.25, 0.3) is 0 Å². The summed E-state index contributed by atoms with van der Waals surface area (Å²) in [5, 5.41) is 4.20. The van der Waals surface area contributed by atoms with Crippen LogP contribution in [0.2, 0.25) is 0 Å². The first-order valence-corrected chi connectivity index (χ1v) is 9.72. The van der Waals surface area contributed by atoms with Crippen LogP contribution in [0.3, 0.4) is 0 Å². The first-order valence-electron chi connectivity index (χ1n) is 8.90. The van der Waals surface area contributed by atoms with Crippen molar-refractivity contribution in [3.8, 4) is 0 Å². The monoisotopic (exact) mass is 383 g/mol. The van der Waals surface area contributed by atoms with Crippen LogP contribution in [0.1, 0.15) is 32.3 Å². The topological polar surface area (TPSA) is 71.0 Å². The molecule has 2 aliphatic rings. The minimum Gasteiger partial charge on any atom is -0.359 e. The number of aromatic nitrogens is 3. The maximum Gasteiger partial charge on any atom is 0.238 e. The molecule has 0 bridgehead atoms. The second-order valence-corrected chi connectivity index (χ2v) is 8.69. The smallest absolute Gasteiger partial charge is 0.238 e. The van der Waals surface area contributed by atoms with Gasteiger partial charge in [0.1, 0.15) is 18.0 Å². The van der Waals surface area contributed by atoms with E-state index >= 15 is 0 Å². The van der Waals surface area contributed by atoms with E-state index in [0.29, 0.717) is 0 Å². The SMILES string of the molecule is CC1(C)C(=O)N(C2CC(Nc3nc4ccc(F)cc4s3)C2)c2ncncc21. The van der Waals surface area contributed by atoms with Gasteiger partial charge in [-0.25, -0.2) is 19.3 Å². The van der Waals surface area contributed by atoms with Crippen LogP contribution >= 0.6 is 11.3 Å². The molecule has 1 aliphatic carbocycles. The quantitative estimate of drug-likeness (QED) is 0.750. The summed E-state index contributed by atoms with van der Waals surface area (Å²) in [5.41, 5.74) is 1.09. The van der Waals surface area contributed by atoms with Crippen LogP contribution in [0, 0.1) is 5.82 Å². The van der Waals surface area contributed by atoms with Crippen molar-refractivity contribution in [1.82, 2.24) is 15.0 Å². The Balaban J connectivity index is 1.31. The first-order chi connectivity index (χ1) is 12.9. The van der Waals surface area contributed by atoms with E-state index < -0.39 is 5.41 Å². The lowest BCUT2D eigenvalue weighted by Gasteiger charge is -2.41. The molecule has 5 rings (SSSR count). The van der Waals surface area contributed by atoms with E-state index in [4.69, 9.17) is 0 Å². The number of amides is 1. The van der Waals surface area contributed by atoms with Crippen molar-refractivity contribution in [2.45, 2.75) is 44.2 Å². The van der Waals surface area contributed by atoms with Crippen molar-refractivity contribution in [3.63, 3.8) is 0 Å². The van der Waals surface area contributed by atoms with Crippen molar-refractivity contribution >= 4 is 38.4 Å². The molecule has 0 spiro atoms. The van der Waals surface area contributed by atoms with Gasteiger partial charge in [-0.3, -0.25) is 9.69 Å². The molecule has 1 fully saturated rings. The van der Waals surface area contributed by atoms with Crippen LogP contribution in [0.15, 0.2) is 30.7 Å². The molecule has 8 heteroatoms. The number of halogens is 1. The molecule has 0 radical (unpaired) electrons. The highest BCUT2D eigenvalue weighted by atomic mass is 32.1. The average Bonchev–Trinajstić information content (AvgIpc) is 3.09. The van der Waals surface area contributed by atoms with E-state index in [1.165, 1.54) is 29.8 Å². The lowest BCUT2D eigenvalue weighted by atomic mass is 9.84. The number of nitrogens with one attached hydrogen (secondary N) is 1. The van der Waals surface area contributed by atoms with Gasteiger partial charge in [-0.15, -0.1) is 0 Å². The molecule has 1 aliphatic heterocycles. The van der Waals surface area contributed by atoms with Gasteiger partial charge in [0.15, 0.2) is 5.13 Å². The van der Waals surface area contributed by atoms with Gasteiger partial charge in [-0.2, -0.15) is 0 Å². The Morgan fingerprint density at radius 2 is 2.15 bits per heavy atom. The van der Waals surface area contributed by atoms with Gasteiger partial charge in [0, 0.05) is 23.8 Å². The van der Waals surface area contributed by atoms with E-state index in [9.17, 15) is 9.18 Å². The Bertz CT molecular complexity index is 1060. The highest BCUT2D eigenvalue weighted by molar-refractivity contribution is 7.22. The van der Waals surface area contributed by atoms with E-state index in [1.807, 2.05) is 18.7 Å². The van der Waals surface area contributed by atoms with Gasteiger partial charge in [0.2, 0.25) is 5.91 Å². The minimum absolute atomic E-state index is 0.0805. The average molecular weight is 383 g/mol. The summed E-state index contributed by atoms with van der Waals surface area (Å²) in [5.74, 6) is 0.563. The second-order valence-electron chi connectivity index (χ2n) is 7.66. The third kappa shape index (κ3) is 2.50. The fraction of sp³-hybridized carbons (Fsp3) is 0.368. The Morgan fingerprint density at radius 1 is 1.33 bits per heavy atom. The maximum absolute atomic E-state index is 13.3. The minimum atomic E-state index is -0.591. The summed E-state index contributed by atoms with van der Waals surface area (Å²) in [6, 6.07) is 4.98. The van der Waals surface area contributed by atoms with Gasteiger partial charge < -0.3 is 5.32 Å². The van der Waals surface area contributed by atoms with E-state index in [2.05, 4.69) is 20.3 Å². The summed E-state index contributed by atoms with van der Waals surface area (Å²) in [6.07, 6.45) is 4.90. The molecule has 3 heterocycles. The first kappa shape index (κ1) is 16.6. The Labute approximate surface area is 159 Å². The largest absolute Gasteiger partial charge is 0.359 e. The van der Waals surface area contributed by atoms with Crippen molar-refractivity contribution in [3.05, 3.63) is 42.1 Å². The highest BCUT2D eigenvalue weighted by Gasteiger charge is 2.50. The van der Waals surface area contributed by atoms with Gasteiger partial charge in [0.05, 0.1) is 15.6 Å². The molecule has 1 amide bonds. The summed E-state index contributed by atoms with van der Waals surface area (Å²) in [7, 11) is 0. The molecule has 3 aromatic rings. The molecule has 1 N–H and O–H groups in total. The summed E-state index contributed by atoms with van der Waals surface area (Å²) in [4.78, 5) is 27.7. The molecule has 0 saturated heterocycles. The predicted molar refractivity (Wildman–Crippen MR) is 103 cm³/mol. The van der Waals surface area contributed by atoms with Crippen molar-refractivity contribution in [1.29, 1.82) is 0 Å². The lowest BCUT2D eigenvalue weighted by Crippen LogP contribution is -2.53.